The van der Waals surface area contributed by atoms with Crippen molar-refractivity contribution in [3.8, 4) is 6.07 Å². The third kappa shape index (κ3) is 5.57. The third-order valence-electron chi connectivity index (χ3n) is 8.08. The van der Waals surface area contributed by atoms with Crippen molar-refractivity contribution in [1.82, 2.24) is 10.2 Å². The highest BCUT2D eigenvalue weighted by atomic mass is 16.1. The Morgan fingerprint density at radius 1 is 0.943 bits per heavy atom. The summed E-state index contributed by atoms with van der Waals surface area (Å²) >= 11 is 0. The number of nitrogens with zero attached hydrogens (tertiary/aromatic N) is 2. The van der Waals surface area contributed by atoms with Crippen LogP contribution in [0.15, 0.2) is 60.7 Å². The van der Waals surface area contributed by atoms with Crippen LogP contribution in [-0.2, 0) is 24.1 Å². The molecule has 35 heavy (non-hydrogen) atoms. The van der Waals surface area contributed by atoms with E-state index in [4.69, 9.17) is 0 Å². The average molecular weight is 466 g/mol. The van der Waals surface area contributed by atoms with Gasteiger partial charge in [0.2, 0.25) is 5.91 Å². The molecule has 0 unspecified atom stereocenters. The fourth-order valence-electron chi connectivity index (χ4n) is 6.06. The fourth-order valence-corrected chi connectivity index (χ4v) is 6.06. The molecule has 2 aliphatic rings. The molecule has 1 amide bonds. The predicted molar refractivity (Wildman–Crippen MR) is 141 cm³/mol. The second-order valence-corrected chi connectivity index (χ2v) is 10.4. The van der Waals surface area contributed by atoms with Crippen molar-refractivity contribution in [2.45, 2.75) is 63.3 Å². The van der Waals surface area contributed by atoms with E-state index >= 15 is 0 Å². The van der Waals surface area contributed by atoms with Crippen LogP contribution >= 0.6 is 0 Å². The first-order chi connectivity index (χ1) is 17.1. The maximum Gasteiger partial charge on any atom is 0.224 e. The number of carbonyl (C=O) groups is 1. The Morgan fingerprint density at radius 2 is 1.71 bits per heavy atom. The van der Waals surface area contributed by atoms with Gasteiger partial charge in [-0.15, -0.1) is 0 Å². The lowest BCUT2D eigenvalue weighted by molar-refractivity contribution is -0.123. The quantitative estimate of drug-likeness (QED) is 0.518. The van der Waals surface area contributed by atoms with Gasteiger partial charge in [0.25, 0.3) is 0 Å². The van der Waals surface area contributed by atoms with Gasteiger partial charge in [0.15, 0.2) is 0 Å². The van der Waals surface area contributed by atoms with Crippen LogP contribution in [0.3, 0.4) is 0 Å². The molecule has 4 heteroatoms. The fraction of sp³-hybridized carbons (Fsp3) is 0.419. The van der Waals surface area contributed by atoms with E-state index in [0.717, 1.165) is 62.9 Å². The number of nitriles is 1. The summed E-state index contributed by atoms with van der Waals surface area (Å²) < 4.78 is 0. The molecular weight excluding hydrogens is 430 g/mol. The number of rotatable bonds is 6. The largest absolute Gasteiger partial charge is 0.350 e. The van der Waals surface area contributed by atoms with E-state index in [0.29, 0.717) is 6.42 Å². The molecule has 0 bridgehead atoms. The van der Waals surface area contributed by atoms with Crippen molar-refractivity contribution in [3.63, 3.8) is 0 Å². The van der Waals surface area contributed by atoms with Gasteiger partial charge >= 0.3 is 0 Å². The van der Waals surface area contributed by atoms with Crippen molar-refractivity contribution in [1.29, 1.82) is 5.26 Å². The maximum absolute atomic E-state index is 13.3. The third-order valence-corrected chi connectivity index (χ3v) is 8.08. The number of fused-ring (bicyclic) bond motifs is 2. The summed E-state index contributed by atoms with van der Waals surface area (Å²) in [5.74, 6) is 0.149. The highest BCUT2D eigenvalue weighted by Crippen LogP contribution is 2.32. The lowest BCUT2D eigenvalue weighted by Gasteiger charge is -2.40. The summed E-state index contributed by atoms with van der Waals surface area (Å²) in [6.07, 6.45) is 9.26. The smallest absolute Gasteiger partial charge is 0.224 e. The van der Waals surface area contributed by atoms with Crippen LogP contribution in [0.2, 0.25) is 0 Å². The Morgan fingerprint density at radius 3 is 2.54 bits per heavy atom. The Bertz CT molecular complexity index is 1230. The monoisotopic (exact) mass is 465 g/mol. The highest BCUT2D eigenvalue weighted by molar-refractivity contribution is 5.90. The van der Waals surface area contributed by atoms with Gasteiger partial charge in [-0.3, -0.25) is 4.79 Å². The zero-order valence-corrected chi connectivity index (χ0v) is 20.6. The van der Waals surface area contributed by atoms with Crippen LogP contribution < -0.4 is 5.32 Å². The average Bonchev–Trinajstić information content (AvgIpc) is 3.10. The molecule has 1 N–H and O–H groups in total. The lowest BCUT2D eigenvalue weighted by atomic mass is 9.79. The van der Waals surface area contributed by atoms with Gasteiger partial charge in [0.1, 0.15) is 0 Å². The molecule has 0 saturated heterocycles. The van der Waals surface area contributed by atoms with E-state index in [1.165, 1.54) is 41.2 Å². The van der Waals surface area contributed by atoms with Crippen LogP contribution in [0.5, 0.6) is 0 Å². The van der Waals surface area contributed by atoms with Gasteiger partial charge in [-0.25, -0.2) is 0 Å². The Balaban J connectivity index is 1.23. The predicted octanol–water partition coefficient (Wildman–Crippen LogP) is 5.56. The van der Waals surface area contributed by atoms with E-state index in [9.17, 15) is 10.1 Å². The molecule has 1 aliphatic heterocycles. The van der Waals surface area contributed by atoms with Gasteiger partial charge in [0, 0.05) is 25.2 Å². The molecule has 0 aromatic heterocycles. The molecule has 0 spiro atoms. The first-order valence-corrected chi connectivity index (χ1v) is 13.2. The van der Waals surface area contributed by atoms with Gasteiger partial charge in [-0.05, 0) is 71.7 Å². The normalized spacial score (nSPS) is 17.8. The summed E-state index contributed by atoms with van der Waals surface area (Å²) in [4.78, 5) is 15.8. The molecule has 1 heterocycles. The number of benzene rings is 3. The van der Waals surface area contributed by atoms with E-state index in [1.54, 1.807) is 0 Å². The first-order valence-electron chi connectivity index (χ1n) is 13.2. The van der Waals surface area contributed by atoms with Crippen LogP contribution in [0.4, 0.5) is 0 Å². The Hall–Kier alpha value is -3.16. The van der Waals surface area contributed by atoms with Crippen LogP contribution in [-0.4, -0.2) is 36.0 Å². The van der Waals surface area contributed by atoms with Crippen molar-refractivity contribution in [2.24, 2.45) is 0 Å². The molecule has 0 radical (unpaired) electrons. The lowest BCUT2D eigenvalue weighted by Crippen LogP contribution is -2.52. The molecule has 1 fully saturated rings. The zero-order valence-electron chi connectivity index (χ0n) is 20.6. The molecular formula is C31H35N3O. The summed E-state index contributed by atoms with van der Waals surface area (Å²) in [7, 11) is 0. The molecule has 5 rings (SSSR count). The summed E-state index contributed by atoms with van der Waals surface area (Å²) in [6, 6.07) is 23.0. The van der Waals surface area contributed by atoms with Crippen molar-refractivity contribution < 1.29 is 4.79 Å². The number of hydrogen-bond acceptors (Lipinski definition) is 3. The highest BCUT2D eigenvalue weighted by Gasteiger charge is 2.34. The molecule has 4 nitrogen and oxygen atoms in total. The van der Waals surface area contributed by atoms with Crippen molar-refractivity contribution >= 4 is 16.7 Å². The first kappa shape index (κ1) is 23.6. The van der Waals surface area contributed by atoms with Crippen LogP contribution in [0.25, 0.3) is 10.8 Å². The van der Waals surface area contributed by atoms with Crippen LogP contribution in [0.1, 0.15) is 60.8 Å². The topological polar surface area (TPSA) is 56.1 Å². The van der Waals surface area contributed by atoms with Gasteiger partial charge < -0.3 is 10.2 Å². The van der Waals surface area contributed by atoms with E-state index in [1.807, 2.05) is 18.2 Å². The second-order valence-electron chi connectivity index (χ2n) is 10.4. The minimum Gasteiger partial charge on any atom is -0.350 e. The minimum absolute atomic E-state index is 0.0902. The summed E-state index contributed by atoms with van der Waals surface area (Å²) in [5, 5.41) is 15.1. The van der Waals surface area contributed by atoms with E-state index < -0.39 is 0 Å². The maximum atomic E-state index is 13.3. The number of amides is 1. The standard InChI is InChI=1S/C31H35N3O/c32-23-24-11-12-25-13-18-34(19-14-27(25)21-24)20-17-31(15-4-1-5-16-31)33-30(35)22-28-9-6-8-26-7-2-3-10-29(26)28/h2-3,6-12,21H,1,4-5,13-20,22H2,(H,33,35). The Labute approximate surface area is 208 Å². The molecule has 180 valence electrons. The SMILES string of the molecule is N#Cc1ccc2c(c1)CCN(CCC1(NC(=O)Cc3cccc4ccccc34)CCCCC1)CC2. The molecule has 1 saturated carbocycles. The van der Waals surface area contributed by atoms with Gasteiger partial charge in [-0.2, -0.15) is 5.26 Å². The number of hydrogen-bond donors (Lipinski definition) is 1. The molecule has 0 atom stereocenters. The minimum atomic E-state index is -0.0902. The van der Waals surface area contributed by atoms with Gasteiger partial charge in [-0.1, -0.05) is 67.8 Å². The second kappa shape index (κ2) is 10.6. The molecule has 3 aromatic carbocycles. The van der Waals surface area contributed by atoms with Crippen LogP contribution in [0, 0.1) is 11.3 Å². The summed E-state index contributed by atoms with van der Waals surface area (Å²) in [6.45, 7) is 3.06. The molecule has 1 aliphatic carbocycles. The number of nitrogens with one attached hydrogen (secondary N) is 1. The van der Waals surface area contributed by atoms with Crippen molar-refractivity contribution in [3.05, 3.63) is 82.9 Å². The van der Waals surface area contributed by atoms with Gasteiger partial charge in [0.05, 0.1) is 18.1 Å². The van der Waals surface area contributed by atoms with E-state index in [2.05, 4.69) is 58.8 Å². The van der Waals surface area contributed by atoms with E-state index in [-0.39, 0.29) is 11.4 Å². The Kier molecular flexibility index (Phi) is 7.16. The number of carbonyl (C=O) groups excluding carboxylic acids is 1. The summed E-state index contributed by atoms with van der Waals surface area (Å²) in [5.41, 5.74) is 4.47. The van der Waals surface area contributed by atoms with Crippen molar-refractivity contribution in [2.75, 3.05) is 19.6 Å². The molecule has 3 aromatic rings. The zero-order chi connectivity index (χ0) is 24.1.